The van der Waals surface area contributed by atoms with E-state index in [0.717, 1.165) is 6.42 Å². The highest BCUT2D eigenvalue weighted by Gasteiger charge is 2.22. The van der Waals surface area contributed by atoms with Crippen molar-refractivity contribution in [3.63, 3.8) is 0 Å². The Morgan fingerprint density at radius 2 is 1.89 bits per heavy atom. The van der Waals surface area contributed by atoms with Gasteiger partial charge >= 0.3 is 11.9 Å². The Morgan fingerprint density at radius 3 is 2.44 bits per heavy atom. The number of aliphatic carboxylic acids is 1. The molecule has 18 heavy (non-hydrogen) atoms. The van der Waals surface area contributed by atoms with Crippen LogP contribution in [0.1, 0.15) is 44.9 Å². The van der Waals surface area contributed by atoms with E-state index < -0.39 is 24.5 Å². The first kappa shape index (κ1) is 15.0. The van der Waals surface area contributed by atoms with Gasteiger partial charge in [0.1, 0.15) is 0 Å². The molecule has 0 aromatic carbocycles. The van der Waals surface area contributed by atoms with Crippen LogP contribution in [0.5, 0.6) is 0 Å². The lowest BCUT2D eigenvalue weighted by molar-refractivity contribution is -0.154. The first-order valence-electron chi connectivity index (χ1n) is 6.62. The summed E-state index contributed by atoms with van der Waals surface area (Å²) in [5, 5.41) is 17.5. The number of carboxylic acid groups (broad SMARTS) is 1. The van der Waals surface area contributed by atoms with E-state index >= 15 is 0 Å². The summed E-state index contributed by atoms with van der Waals surface area (Å²) in [6, 6.07) is 0. The monoisotopic (exact) mass is 258 g/mol. The zero-order valence-corrected chi connectivity index (χ0v) is 10.6. The van der Waals surface area contributed by atoms with Gasteiger partial charge < -0.3 is 14.9 Å². The van der Waals surface area contributed by atoms with E-state index in [9.17, 15) is 9.59 Å². The Bertz CT molecular complexity index is 271. The summed E-state index contributed by atoms with van der Waals surface area (Å²) in [7, 11) is 0. The number of hydrogen-bond acceptors (Lipinski definition) is 4. The molecule has 1 rings (SSSR count). The molecule has 0 saturated heterocycles. The Balaban J connectivity index is 2.20. The van der Waals surface area contributed by atoms with Gasteiger partial charge in [-0.1, -0.05) is 32.1 Å². The number of ether oxygens (including phenoxy) is 1. The minimum absolute atomic E-state index is 0.333. The maximum Gasteiger partial charge on any atom is 0.311 e. The molecule has 2 N–H and O–H groups in total. The summed E-state index contributed by atoms with van der Waals surface area (Å²) in [6.07, 6.45) is 6.64. The molecule has 0 aromatic rings. The average Bonchev–Trinajstić information content (AvgIpc) is 2.36. The molecule has 1 fully saturated rings. The molecule has 0 amide bonds. The molecule has 0 heterocycles. The van der Waals surface area contributed by atoms with E-state index in [1.165, 1.54) is 32.1 Å². The van der Waals surface area contributed by atoms with Crippen LogP contribution in [0, 0.1) is 11.8 Å². The molecule has 1 aliphatic carbocycles. The zero-order valence-electron chi connectivity index (χ0n) is 10.6. The third-order valence-corrected chi connectivity index (χ3v) is 3.47. The lowest BCUT2D eigenvalue weighted by atomic mass is 9.87. The van der Waals surface area contributed by atoms with Crippen LogP contribution in [0.3, 0.4) is 0 Å². The third-order valence-electron chi connectivity index (χ3n) is 3.47. The quantitative estimate of drug-likeness (QED) is 0.677. The second kappa shape index (κ2) is 8.08. The number of carbonyl (C=O) groups excluding carboxylic acids is 1. The van der Waals surface area contributed by atoms with Crippen molar-refractivity contribution in [3.05, 3.63) is 0 Å². The van der Waals surface area contributed by atoms with E-state index in [2.05, 4.69) is 0 Å². The molecule has 1 aliphatic rings. The van der Waals surface area contributed by atoms with Crippen LogP contribution in [0.15, 0.2) is 0 Å². The van der Waals surface area contributed by atoms with Crippen molar-refractivity contribution >= 4 is 11.9 Å². The summed E-state index contributed by atoms with van der Waals surface area (Å²) in [5.74, 6) is -2.01. The van der Waals surface area contributed by atoms with E-state index in [4.69, 9.17) is 14.9 Å². The summed E-state index contributed by atoms with van der Waals surface area (Å²) in [5.41, 5.74) is 0. The molecule has 5 heteroatoms. The fraction of sp³-hybridized carbons (Fsp3) is 0.846. The highest BCUT2D eigenvalue weighted by atomic mass is 16.5. The van der Waals surface area contributed by atoms with Gasteiger partial charge in [-0.25, -0.2) is 0 Å². The number of rotatable bonds is 7. The van der Waals surface area contributed by atoms with Crippen molar-refractivity contribution in [2.24, 2.45) is 11.8 Å². The number of esters is 1. The van der Waals surface area contributed by atoms with Crippen LogP contribution in [-0.2, 0) is 14.3 Å². The molecule has 5 nitrogen and oxygen atoms in total. The van der Waals surface area contributed by atoms with Crippen molar-refractivity contribution in [1.29, 1.82) is 0 Å². The molecular weight excluding hydrogens is 236 g/mol. The van der Waals surface area contributed by atoms with Gasteiger partial charge in [-0.15, -0.1) is 0 Å². The summed E-state index contributed by atoms with van der Waals surface area (Å²) < 4.78 is 5.04. The molecule has 0 aromatic heterocycles. The Kier molecular flexibility index (Phi) is 6.72. The van der Waals surface area contributed by atoms with Crippen LogP contribution < -0.4 is 0 Å². The molecule has 1 saturated carbocycles. The Morgan fingerprint density at radius 1 is 1.22 bits per heavy atom. The molecular formula is C13H22O5. The summed E-state index contributed by atoms with van der Waals surface area (Å²) in [4.78, 5) is 22.0. The fourth-order valence-electron chi connectivity index (χ4n) is 2.35. The van der Waals surface area contributed by atoms with Gasteiger partial charge in [-0.2, -0.15) is 0 Å². The van der Waals surface area contributed by atoms with Gasteiger partial charge in [0.2, 0.25) is 0 Å². The van der Waals surface area contributed by atoms with Crippen molar-refractivity contribution in [3.8, 4) is 0 Å². The number of carbonyl (C=O) groups is 2. The molecule has 0 aliphatic heterocycles. The van der Waals surface area contributed by atoms with Gasteiger partial charge in [0, 0.05) is 0 Å². The van der Waals surface area contributed by atoms with E-state index in [1.807, 2.05) is 0 Å². The maximum atomic E-state index is 11.5. The minimum atomic E-state index is -1.10. The first-order valence-corrected chi connectivity index (χ1v) is 6.62. The fourth-order valence-corrected chi connectivity index (χ4v) is 2.35. The van der Waals surface area contributed by atoms with Crippen molar-refractivity contribution in [2.75, 3.05) is 13.2 Å². The molecule has 0 bridgehead atoms. The van der Waals surface area contributed by atoms with E-state index in [0.29, 0.717) is 12.5 Å². The predicted molar refractivity (Wildman–Crippen MR) is 65.0 cm³/mol. The average molecular weight is 258 g/mol. The lowest BCUT2D eigenvalue weighted by Crippen LogP contribution is -2.25. The first-order chi connectivity index (χ1) is 8.63. The van der Waals surface area contributed by atoms with Crippen LogP contribution in [0.4, 0.5) is 0 Å². The number of aliphatic hydroxyl groups is 1. The topological polar surface area (TPSA) is 83.8 Å². The standard InChI is InChI=1S/C13H22O5/c14-9-11(8-12(15)16)13(17)18-7-6-10-4-2-1-3-5-10/h10-11,14H,1-9H2,(H,15,16). The highest BCUT2D eigenvalue weighted by Crippen LogP contribution is 2.26. The van der Waals surface area contributed by atoms with E-state index in [1.54, 1.807) is 0 Å². The SMILES string of the molecule is O=C(O)CC(CO)C(=O)OCCC1CCCCC1. The second-order valence-corrected chi connectivity index (χ2v) is 4.94. The highest BCUT2D eigenvalue weighted by molar-refractivity contribution is 5.79. The Labute approximate surface area is 107 Å². The number of hydrogen-bond donors (Lipinski definition) is 2. The van der Waals surface area contributed by atoms with Crippen LogP contribution >= 0.6 is 0 Å². The normalized spacial score (nSPS) is 18.3. The molecule has 1 unspecified atom stereocenters. The van der Waals surface area contributed by atoms with Gasteiger partial charge in [-0.05, 0) is 12.3 Å². The van der Waals surface area contributed by atoms with Crippen molar-refractivity contribution < 1.29 is 24.5 Å². The molecule has 0 spiro atoms. The Hall–Kier alpha value is -1.10. The van der Waals surface area contributed by atoms with Gasteiger partial charge in [0.05, 0.1) is 25.6 Å². The molecule has 1 atom stereocenters. The number of aliphatic hydroxyl groups excluding tert-OH is 1. The smallest absolute Gasteiger partial charge is 0.311 e. The second-order valence-electron chi connectivity index (χ2n) is 4.94. The molecule has 104 valence electrons. The van der Waals surface area contributed by atoms with Crippen LogP contribution in [-0.4, -0.2) is 35.4 Å². The zero-order chi connectivity index (χ0) is 13.4. The van der Waals surface area contributed by atoms with Crippen molar-refractivity contribution in [1.82, 2.24) is 0 Å². The third kappa shape index (κ3) is 5.49. The summed E-state index contributed by atoms with van der Waals surface area (Å²) >= 11 is 0. The summed E-state index contributed by atoms with van der Waals surface area (Å²) in [6.45, 7) is -0.145. The molecule has 0 radical (unpaired) electrons. The van der Waals surface area contributed by atoms with Gasteiger partial charge in [-0.3, -0.25) is 9.59 Å². The predicted octanol–water partition coefficient (Wildman–Crippen LogP) is 1.58. The maximum absolute atomic E-state index is 11.5. The lowest BCUT2D eigenvalue weighted by Gasteiger charge is -2.21. The van der Waals surface area contributed by atoms with Crippen LogP contribution in [0.25, 0.3) is 0 Å². The minimum Gasteiger partial charge on any atom is -0.481 e. The van der Waals surface area contributed by atoms with Gasteiger partial charge in [0.15, 0.2) is 0 Å². The van der Waals surface area contributed by atoms with Crippen molar-refractivity contribution in [2.45, 2.75) is 44.9 Å². The van der Waals surface area contributed by atoms with E-state index in [-0.39, 0.29) is 6.42 Å². The number of carboxylic acids is 1. The largest absolute Gasteiger partial charge is 0.481 e. The van der Waals surface area contributed by atoms with Crippen LogP contribution in [0.2, 0.25) is 0 Å². The van der Waals surface area contributed by atoms with Gasteiger partial charge in [0.25, 0.3) is 0 Å².